The monoisotopic (exact) mass is 334 g/mol. The molecule has 0 saturated carbocycles. The number of benzene rings is 1. The minimum Gasteiger partial charge on any atom is -0.444 e. The van der Waals surface area contributed by atoms with Crippen LogP contribution in [0.3, 0.4) is 0 Å². The molecule has 4 nitrogen and oxygen atoms in total. The van der Waals surface area contributed by atoms with Crippen molar-refractivity contribution in [2.75, 3.05) is 6.54 Å². The van der Waals surface area contributed by atoms with Gasteiger partial charge in [0.05, 0.1) is 0 Å². The van der Waals surface area contributed by atoms with Crippen LogP contribution in [0.15, 0.2) is 30.3 Å². The summed E-state index contributed by atoms with van der Waals surface area (Å²) in [5.41, 5.74) is 0.514. The first-order chi connectivity index (χ1) is 10.9. The number of rotatable bonds is 7. The van der Waals surface area contributed by atoms with Gasteiger partial charge in [0.1, 0.15) is 5.60 Å². The lowest BCUT2D eigenvalue weighted by Crippen LogP contribution is -2.49. The third-order valence-electron chi connectivity index (χ3n) is 3.54. The van der Waals surface area contributed by atoms with Crippen molar-refractivity contribution < 1.29 is 9.53 Å². The van der Waals surface area contributed by atoms with Gasteiger partial charge in [-0.2, -0.15) is 0 Å². The van der Waals surface area contributed by atoms with Crippen LogP contribution in [0.5, 0.6) is 0 Å². The Hall–Kier alpha value is -1.55. The molecule has 0 atom stereocenters. The van der Waals surface area contributed by atoms with Gasteiger partial charge in [-0.3, -0.25) is 0 Å². The maximum absolute atomic E-state index is 12.0. The second-order valence-electron chi connectivity index (χ2n) is 8.94. The van der Waals surface area contributed by atoms with Gasteiger partial charge in [0.15, 0.2) is 0 Å². The summed E-state index contributed by atoms with van der Waals surface area (Å²) in [6, 6.07) is 10.4. The van der Waals surface area contributed by atoms with Crippen LogP contribution in [0, 0.1) is 5.41 Å². The van der Waals surface area contributed by atoms with Crippen LogP contribution < -0.4 is 10.6 Å². The molecule has 1 aromatic rings. The van der Waals surface area contributed by atoms with E-state index >= 15 is 0 Å². The highest BCUT2D eigenvalue weighted by Gasteiger charge is 2.31. The molecule has 0 radical (unpaired) electrons. The number of hydrogen-bond acceptors (Lipinski definition) is 3. The van der Waals surface area contributed by atoms with Gasteiger partial charge in [0.25, 0.3) is 0 Å². The average Bonchev–Trinajstić information content (AvgIpc) is 2.34. The number of nitrogens with one attached hydrogen (secondary N) is 2. The molecule has 0 bridgehead atoms. The van der Waals surface area contributed by atoms with Crippen LogP contribution in [0.1, 0.15) is 60.5 Å². The fraction of sp³-hybridized carbons (Fsp3) is 0.650. The summed E-state index contributed by atoms with van der Waals surface area (Å²) in [5.74, 6) is 0. The number of hydrogen-bond donors (Lipinski definition) is 2. The molecule has 0 heterocycles. The summed E-state index contributed by atoms with van der Waals surface area (Å²) in [6.45, 7) is 15.8. The van der Waals surface area contributed by atoms with E-state index in [0.717, 1.165) is 19.5 Å². The molecule has 0 saturated heterocycles. The second kappa shape index (κ2) is 8.02. The molecule has 2 N–H and O–H groups in total. The normalized spacial score (nSPS) is 12.8. The van der Waals surface area contributed by atoms with E-state index in [4.69, 9.17) is 4.74 Å². The molecule has 1 aromatic carbocycles. The zero-order valence-corrected chi connectivity index (χ0v) is 16.3. The molecule has 1 amide bonds. The third-order valence-corrected chi connectivity index (χ3v) is 3.54. The van der Waals surface area contributed by atoms with Crippen LogP contribution in [-0.2, 0) is 11.3 Å². The highest BCUT2D eigenvalue weighted by molar-refractivity contribution is 5.68. The van der Waals surface area contributed by atoms with Crippen molar-refractivity contribution in [3.8, 4) is 0 Å². The van der Waals surface area contributed by atoms with Crippen molar-refractivity contribution in [1.82, 2.24) is 10.6 Å². The number of ether oxygens (including phenoxy) is 1. The van der Waals surface area contributed by atoms with Crippen molar-refractivity contribution in [1.29, 1.82) is 0 Å². The molecule has 4 heteroatoms. The lowest BCUT2D eigenvalue weighted by molar-refractivity contribution is 0.0446. The molecule has 0 aliphatic heterocycles. The van der Waals surface area contributed by atoms with E-state index in [0.29, 0.717) is 0 Å². The first-order valence-electron chi connectivity index (χ1n) is 8.64. The Morgan fingerprint density at radius 1 is 1.00 bits per heavy atom. The molecular weight excluding hydrogens is 300 g/mol. The summed E-state index contributed by atoms with van der Waals surface area (Å²) >= 11 is 0. The third kappa shape index (κ3) is 8.92. The number of carbonyl (C=O) groups is 1. The van der Waals surface area contributed by atoms with Crippen LogP contribution in [-0.4, -0.2) is 23.8 Å². The highest BCUT2D eigenvalue weighted by atomic mass is 16.6. The van der Waals surface area contributed by atoms with Gasteiger partial charge < -0.3 is 15.4 Å². The van der Waals surface area contributed by atoms with E-state index in [9.17, 15) is 4.79 Å². The highest BCUT2D eigenvalue weighted by Crippen LogP contribution is 2.27. The van der Waals surface area contributed by atoms with E-state index in [1.807, 2.05) is 40.7 Å². The van der Waals surface area contributed by atoms with Gasteiger partial charge in [0.2, 0.25) is 0 Å². The molecule has 0 aliphatic rings. The fourth-order valence-electron chi connectivity index (χ4n) is 3.02. The number of amides is 1. The molecule has 0 unspecified atom stereocenters. The minimum atomic E-state index is -0.479. The van der Waals surface area contributed by atoms with E-state index < -0.39 is 5.60 Å². The molecule has 1 rings (SSSR count). The fourth-order valence-corrected chi connectivity index (χ4v) is 3.02. The zero-order valence-electron chi connectivity index (χ0n) is 16.3. The van der Waals surface area contributed by atoms with Crippen LogP contribution in [0.4, 0.5) is 4.79 Å². The summed E-state index contributed by atoms with van der Waals surface area (Å²) < 4.78 is 5.36. The number of carbonyl (C=O) groups excluding carboxylic acids is 1. The second-order valence-corrected chi connectivity index (χ2v) is 8.94. The molecule has 0 spiro atoms. The van der Waals surface area contributed by atoms with Crippen LogP contribution in [0.2, 0.25) is 0 Å². The predicted molar refractivity (Wildman–Crippen MR) is 100.0 cm³/mol. The largest absolute Gasteiger partial charge is 0.444 e. The Kier molecular flexibility index (Phi) is 6.85. The Bertz CT molecular complexity index is 516. The van der Waals surface area contributed by atoms with E-state index in [1.54, 1.807) is 0 Å². The first-order valence-corrected chi connectivity index (χ1v) is 8.64. The zero-order chi connectivity index (χ0) is 18.4. The van der Waals surface area contributed by atoms with Crippen molar-refractivity contribution in [2.24, 2.45) is 5.41 Å². The summed E-state index contributed by atoms with van der Waals surface area (Å²) in [4.78, 5) is 12.0. The van der Waals surface area contributed by atoms with Gasteiger partial charge in [-0.25, -0.2) is 4.79 Å². The van der Waals surface area contributed by atoms with Gasteiger partial charge >= 0.3 is 6.09 Å². The molecule has 136 valence electrons. The van der Waals surface area contributed by atoms with Crippen LogP contribution >= 0.6 is 0 Å². The van der Waals surface area contributed by atoms with Crippen LogP contribution in [0.25, 0.3) is 0 Å². The van der Waals surface area contributed by atoms with Crippen molar-refractivity contribution in [3.63, 3.8) is 0 Å². The Morgan fingerprint density at radius 3 is 2.12 bits per heavy atom. The molecule has 0 aliphatic carbocycles. The van der Waals surface area contributed by atoms with Gasteiger partial charge in [-0.15, -0.1) is 0 Å². The Morgan fingerprint density at radius 2 is 1.58 bits per heavy atom. The van der Waals surface area contributed by atoms with Gasteiger partial charge in [-0.1, -0.05) is 44.2 Å². The lowest BCUT2D eigenvalue weighted by atomic mass is 9.80. The molecule has 0 fully saturated rings. The topological polar surface area (TPSA) is 50.4 Å². The predicted octanol–water partition coefficient (Wildman–Crippen LogP) is 4.50. The van der Waals surface area contributed by atoms with Gasteiger partial charge in [-0.05, 0) is 52.0 Å². The minimum absolute atomic E-state index is 0.0489. The Labute approximate surface area is 147 Å². The van der Waals surface area contributed by atoms with E-state index in [1.165, 1.54) is 5.56 Å². The quantitative estimate of drug-likeness (QED) is 0.772. The maximum atomic E-state index is 12.0. The average molecular weight is 335 g/mol. The van der Waals surface area contributed by atoms with Crippen molar-refractivity contribution in [2.45, 2.75) is 72.6 Å². The lowest BCUT2D eigenvalue weighted by Gasteiger charge is -2.36. The number of alkyl carbamates (subject to hydrolysis) is 1. The molecule has 0 aromatic heterocycles. The molecular formula is C20H34N2O2. The summed E-state index contributed by atoms with van der Waals surface area (Å²) in [5, 5.41) is 6.50. The van der Waals surface area contributed by atoms with Crippen molar-refractivity contribution in [3.05, 3.63) is 35.9 Å². The smallest absolute Gasteiger partial charge is 0.408 e. The maximum Gasteiger partial charge on any atom is 0.408 e. The Balaban J connectivity index is 2.47. The van der Waals surface area contributed by atoms with Gasteiger partial charge in [0, 0.05) is 18.6 Å². The summed E-state index contributed by atoms with van der Waals surface area (Å²) in [7, 11) is 0. The van der Waals surface area contributed by atoms with Crippen molar-refractivity contribution >= 4 is 6.09 Å². The standard InChI is InChI=1S/C20H34N2O2/c1-18(2,3)24-17(23)22-20(6,7)14-19(4,5)15-21-13-16-11-9-8-10-12-16/h8-12,21H,13-15H2,1-7H3,(H,22,23). The first kappa shape index (κ1) is 20.5. The summed E-state index contributed by atoms with van der Waals surface area (Å²) in [6.07, 6.45) is 0.488. The molecule has 24 heavy (non-hydrogen) atoms. The SMILES string of the molecule is CC(C)(CNCc1ccccc1)CC(C)(C)NC(=O)OC(C)(C)C. The van der Waals surface area contributed by atoms with E-state index in [2.05, 4.69) is 48.7 Å². The van der Waals surface area contributed by atoms with E-state index in [-0.39, 0.29) is 17.0 Å².